The molecule has 0 aliphatic carbocycles. The highest BCUT2D eigenvalue weighted by Crippen LogP contribution is 2.16. The minimum Gasteiger partial charge on any atom is -0.288 e. The second kappa shape index (κ2) is 7.09. The molecule has 0 aliphatic rings. The molecule has 0 aliphatic heterocycles. The van der Waals surface area contributed by atoms with Gasteiger partial charge in [0.2, 0.25) is 0 Å². The predicted octanol–water partition coefficient (Wildman–Crippen LogP) is 2.91. The number of benzene rings is 1. The van der Waals surface area contributed by atoms with Crippen molar-refractivity contribution >= 4 is 21.6 Å². The first-order valence-corrected chi connectivity index (χ1v) is 9.25. The lowest BCUT2D eigenvalue weighted by Crippen LogP contribution is -2.40. The summed E-state index contributed by atoms with van der Waals surface area (Å²) in [4.78, 5) is 29.8. The number of fused-ring (bicyclic) bond motifs is 1. The van der Waals surface area contributed by atoms with Gasteiger partial charge >= 0.3 is 5.69 Å². The summed E-state index contributed by atoms with van der Waals surface area (Å²) >= 11 is 1.38. The fraction of sp³-hybridized carbons (Fsp3) is 0.150. The molecule has 3 aromatic heterocycles. The SMILES string of the molecule is O=c1c2sccc2n(Cc2ccncc2)c(=O)n1CCc1ccccc1. The summed E-state index contributed by atoms with van der Waals surface area (Å²) in [6, 6.07) is 15.5. The van der Waals surface area contributed by atoms with E-state index in [1.54, 1.807) is 17.0 Å². The summed E-state index contributed by atoms with van der Waals surface area (Å²) in [5.41, 5.74) is 2.29. The van der Waals surface area contributed by atoms with Crippen LogP contribution in [-0.2, 0) is 19.5 Å². The molecule has 0 saturated carbocycles. The second-order valence-electron chi connectivity index (χ2n) is 6.05. The van der Waals surface area contributed by atoms with Crippen LogP contribution in [0.25, 0.3) is 10.2 Å². The van der Waals surface area contributed by atoms with E-state index >= 15 is 0 Å². The van der Waals surface area contributed by atoms with Gasteiger partial charge in [-0.15, -0.1) is 11.3 Å². The molecule has 4 rings (SSSR count). The summed E-state index contributed by atoms with van der Waals surface area (Å²) < 4.78 is 3.65. The van der Waals surface area contributed by atoms with Gasteiger partial charge in [0, 0.05) is 18.9 Å². The maximum absolute atomic E-state index is 13.0. The molecule has 1 aromatic carbocycles. The molecule has 5 nitrogen and oxygen atoms in total. The first-order chi connectivity index (χ1) is 12.7. The fourth-order valence-corrected chi connectivity index (χ4v) is 3.88. The van der Waals surface area contributed by atoms with Gasteiger partial charge in [0.1, 0.15) is 4.70 Å². The van der Waals surface area contributed by atoms with Crippen LogP contribution in [0.3, 0.4) is 0 Å². The first kappa shape index (κ1) is 16.5. The lowest BCUT2D eigenvalue weighted by molar-refractivity contribution is 0.591. The highest BCUT2D eigenvalue weighted by molar-refractivity contribution is 7.17. The molecule has 0 fully saturated rings. The summed E-state index contributed by atoms with van der Waals surface area (Å²) in [5.74, 6) is 0. The van der Waals surface area contributed by atoms with Gasteiger partial charge in [-0.2, -0.15) is 0 Å². The molecule has 3 heterocycles. The van der Waals surface area contributed by atoms with Crippen molar-refractivity contribution in [1.29, 1.82) is 0 Å². The van der Waals surface area contributed by atoms with Crippen molar-refractivity contribution in [3.63, 3.8) is 0 Å². The average molecular weight is 363 g/mol. The van der Waals surface area contributed by atoms with Crippen molar-refractivity contribution in [1.82, 2.24) is 14.1 Å². The molecule has 0 radical (unpaired) electrons. The van der Waals surface area contributed by atoms with E-state index < -0.39 is 0 Å². The van der Waals surface area contributed by atoms with Crippen LogP contribution in [0.4, 0.5) is 0 Å². The van der Waals surface area contributed by atoms with Gasteiger partial charge in [0.15, 0.2) is 0 Å². The zero-order valence-corrected chi connectivity index (χ0v) is 14.9. The van der Waals surface area contributed by atoms with E-state index in [0.29, 0.717) is 29.7 Å². The van der Waals surface area contributed by atoms with Gasteiger partial charge < -0.3 is 0 Å². The summed E-state index contributed by atoms with van der Waals surface area (Å²) in [6.07, 6.45) is 4.05. The molecule has 0 amide bonds. The second-order valence-corrected chi connectivity index (χ2v) is 6.97. The third-order valence-electron chi connectivity index (χ3n) is 4.39. The van der Waals surface area contributed by atoms with Crippen LogP contribution in [0.1, 0.15) is 11.1 Å². The number of nitrogens with zero attached hydrogens (tertiary/aromatic N) is 3. The van der Waals surface area contributed by atoms with E-state index in [1.807, 2.05) is 53.9 Å². The van der Waals surface area contributed by atoms with Crippen LogP contribution < -0.4 is 11.2 Å². The topological polar surface area (TPSA) is 56.9 Å². The van der Waals surface area contributed by atoms with Gasteiger partial charge in [0.25, 0.3) is 5.56 Å². The fourth-order valence-electron chi connectivity index (χ4n) is 3.04. The summed E-state index contributed by atoms with van der Waals surface area (Å²) in [7, 11) is 0. The molecule has 6 heteroatoms. The monoisotopic (exact) mass is 363 g/mol. The van der Waals surface area contributed by atoms with Gasteiger partial charge in [-0.25, -0.2) is 4.79 Å². The smallest absolute Gasteiger partial charge is 0.288 e. The van der Waals surface area contributed by atoms with Gasteiger partial charge in [-0.1, -0.05) is 30.3 Å². The maximum Gasteiger partial charge on any atom is 0.331 e. The molecule has 0 N–H and O–H groups in total. The maximum atomic E-state index is 13.0. The Kier molecular flexibility index (Phi) is 4.50. The number of thiophene rings is 1. The van der Waals surface area contributed by atoms with Crippen molar-refractivity contribution < 1.29 is 0 Å². The van der Waals surface area contributed by atoms with Crippen LogP contribution in [-0.4, -0.2) is 14.1 Å². The summed E-state index contributed by atoms with van der Waals surface area (Å²) in [6.45, 7) is 0.784. The number of hydrogen-bond acceptors (Lipinski definition) is 4. The van der Waals surface area contributed by atoms with E-state index in [4.69, 9.17) is 0 Å². The lowest BCUT2D eigenvalue weighted by atomic mass is 10.1. The third-order valence-corrected chi connectivity index (χ3v) is 5.29. The molecule has 0 spiro atoms. The molecular weight excluding hydrogens is 346 g/mol. The van der Waals surface area contributed by atoms with Crippen molar-refractivity contribution in [2.24, 2.45) is 0 Å². The minimum atomic E-state index is -0.270. The largest absolute Gasteiger partial charge is 0.331 e. The summed E-state index contributed by atoms with van der Waals surface area (Å²) in [5, 5.41) is 1.86. The van der Waals surface area contributed by atoms with E-state index in [9.17, 15) is 9.59 Å². The number of pyridine rings is 1. The van der Waals surface area contributed by atoms with Crippen molar-refractivity contribution in [3.8, 4) is 0 Å². The Morgan fingerprint density at radius 1 is 0.885 bits per heavy atom. The van der Waals surface area contributed by atoms with Gasteiger partial charge in [-0.3, -0.25) is 18.9 Å². The van der Waals surface area contributed by atoms with E-state index in [2.05, 4.69) is 4.98 Å². The Balaban J connectivity index is 1.78. The Morgan fingerprint density at radius 3 is 2.42 bits per heavy atom. The van der Waals surface area contributed by atoms with Crippen LogP contribution in [0.5, 0.6) is 0 Å². The Morgan fingerprint density at radius 2 is 1.65 bits per heavy atom. The quantitative estimate of drug-likeness (QED) is 0.548. The zero-order valence-electron chi connectivity index (χ0n) is 14.0. The number of hydrogen-bond donors (Lipinski definition) is 0. The standard InChI is InChI=1S/C20H17N3O2S/c24-19-18-17(9-13-26-18)23(14-16-6-10-21-11-7-16)20(25)22(19)12-8-15-4-2-1-3-5-15/h1-7,9-11,13H,8,12,14H2. The highest BCUT2D eigenvalue weighted by atomic mass is 32.1. The molecule has 0 bridgehead atoms. The Hall–Kier alpha value is -2.99. The lowest BCUT2D eigenvalue weighted by Gasteiger charge is -2.12. The molecule has 130 valence electrons. The normalized spacial score (nSPS) is 11.1. The van der Waals surface area contributed by atoms with Crippen molar-refractivity contribution in [2.45, 2.75) is 19.5 Å². The average Bonchev–Trinajstić information content (AvgIpc) is 3.17. The zero-order chi connectivity index (χ0) is 17.9. The van der Waals surface area contributed by atoms with Gasteiger partial charge in [0.05, 0.1) is 12.1 Å². The van der Waals surface area contributed by atoms with Crippen molar-refractivity contribution in [3.05, 3.63) is 98.3 Å². The van der Waals surface area contributed by atoms with E-state index in [0.717, 1.165) is 11.1 Å². The van der Waals surface area contributed by atoms with Crippen LogP contribution in [0.2, 0.25) is 0 Å². The number of rotatable bonds is 5. The van der Waals surface area contributed by atoms with Crippen LogP contribution in [0, 0.1) is 0 Å². The van der Waals surface area contributed by atoms with E-state index in [-0.39, 0.29) is 11.2 Å². The van der Waals surface area contributed by atoms with E-state index in [1.165, 1.54) is 15.9 Å². The molecular formula is C20H17N3O2S. The molecule has 0 saturated heterocycles. The van der Waals surface area contributed by atoms with Crippen LogP contribution >= 0.6 is 11.3 Å². The highest BCUT2D eigenvalue weighted by Gasteiger charge is 2.14. The van der Waals surface area contributed by atoms with Crippen molar-refractivity contribution in [2.75, 3.05) is 0 Å². The first-order valence-electron chi connectivity index (χ1n) is 8.38. The number of aryl methyl sites for hydroxylation is 1. The molecule has 26 heavy (non-hydrogen) atoms. The molecule has 0 unspecified atom stereocenters. The number of aromatic nitrogens is 3. The Labute approximate surface area is 153 Å². The minimum absolute atomic E-state index is 0.207. The van der Waals surface area contributed by atoms with Crippen LogP contribution in [0.15, 0.2) is 75.9 Å². The molecule has 4 aromatic rings. The predicted molar refractivity (Wildman–Crippen MR) is 104 cm³/mol. The van der Waals surface area contributed by atoms with Gasteiger partial charge in [-0.05, 0) is 41.1 Å². The Bertz CT molecular complexity index is 1140. The third kappa shape index (κ3) is 3.11. The molecule has 0 atom stereocenters.